The predicted octanol–water partition coefficient (Wildman–Crippen LogP) is 7.47. The summed E-state index contributed by atoms with van der Waals surface area (Å²) in [6, 6.07) is 33.1. The number of aromatic nitrogens is 2. The van der Waals surface area contributed by atoms with Crippen LogP contribution in [0.1, 0.15) is 41.8 Å². The van der Waals surface area contributed by atoms with Crippen molar-refractivity contribution in [1.29, 1.82) is 0 Å². The molecule has 5 nitrogen and oxygen atoms in total. The van der Waals surface area contributed by atoms with Crippen LogP contribution in [-0.2, 0) is 24.2 Å². The highest BCUT2D eigenvalue weighted by Crippen LogP contribution is 2.23. The topological polar surface area (TPSA) is 56.1 Å². The van der Waals surface area contributed by atoms with Crippen LogP contribution < -0.4 is 10.1 Å². The number of carbonyl (C=O) groups is 1. The fraction of sp³-hybridized carbons (Fsp3) is 0.278. The largest absolute Gasteiger partial charge is 0.493 e. The number of para-hydroxylation sites is 3. The Morgan fingerprint density at radius 3 is 2.27 bits per heavy atom. The number of hydrogen-bond acceptors (Lipinski definition) is 3. The molecule has 5 heteroatoms. The van der Waals surface area contributed by atoms with Crippen LogP contribution >= 0.6 is 0 Å². The summed E-state index contributed by atoms with van der Waals surface area (Å²) in [5.74, 6) is 2.13. The van der Waals surface area contributed by atoms with Crippen molar-refractivity contribution in [2.75, 3.05) is 13.2 Å². The first-order valence-electron chi connectivity index (χ1n) is 14.6. The number of fused-ring (bicyclic) bond motifs is 1. The minimum atomic E-state index is 0.0508. The predicted molar refractivity (Wildman–Crippen MR) is 167 cm³/mol. The SMILES string of the molecule is Cc1cccc(C)c1OCCCCn1c(CCCNC(=O)Cc2ccc(-c3ccccc3)cc2)nc2ccccc21. The molecule has 0 atom stereocenters. The van der Waals surface area contributed by atoms with Crippen molar-refractivity contribution in [3.63, 3.8) is 0 Å². The molecule has 1 N–H and O–H groups in total. The Labute approximate surface area is 243 Å². The zero-order chi connectivity index (χ0) is 28.4. The summed E-state index contributed by atoms with van der Waals surface area (Å²) in [7, 11) is 0. The highest BCUT2D eigenvalue weighted by Gasteiger charge is 2.11. The average Bonchev–Trinajstić information content (AvgIpc) is 3.34. The summed E-state index contributed by atoms with van der Waals surface area (Å²) in [5, 5.41) is 3.09. The van der Waals surface area contributed by atoms with E-state index in [0.29, 0.717) is 19.6 Å². The van der Waals surface area contributed by atoms with Gasteiger partial charge in [-0.2, -0.15) is 0 Å². The Morgan fingerprint density at radius 1 is 0.780 bits per heavy atom. The lowest BCUT2D eigenvalue weighted by Gasteiger charge is -2.13. The van der Waals surface area contributed by atoms with Gasteiger partial charge in [0, 0.05) is 19.5 Å². The zero-order valence-electron chi connectivity index (χ0n) is 24.1. The molecule has 0 saturated carbocycles. The lowest BCUT2D eigenvalue weighted by molar-refractivity contribution is -0.120. The molecule has 0 bridgehead atoms. The number of ether oxygens (including phenoxy) is 1. The van der Waals surface area contributed by atoms with Gasteiger partial charge in [-0.05, 0) is 73.1 Å². The van der Waals surface area contributed by atoms with Crippen molar-refractivity contribution in [2.45, 2.75) is 52.5 Å². The van der Waals surface area contributed by atoms with Crippen LogP contribution in [0.15, 0.2) is 97.1 Å². The molecule has 1 heterocycles. The van der Waals surface area contributed by atoms with Crippen LogP contribution in [0.4, 0.5) is 0 Å². The van der Waals surface area contributed by atoms with E-state index in [4.69, 9.17) is 9.72 Å². The van der Waals surface area contributed by atoms with Crippen LogP contribution in [0.2, 0.25) is 0 Å². The van der Waals surface area contributed by atoms with E-state index in [1.807, 2.05) is 36.4 Å². The average molecular weight is 546 g/mol. The second kappa shape index (κ2) is 13.8. The third kappa shape index (κ3) is 7.43. The van der Waals surface area contributed by atoms with Gasteiger partial charge in [0.1, 0.15) is 11.6 Å². The third-order valence-electron chi connectivity index (χ3n) is 7.49. The number of nitrogens with one attached hydrogen (secondary N) is 1. The maximum atomic E-state index is 12.6. The van der Waals surface area contributed by atoms with Crippen LogP contribution in [0.5, 0.6) is 5.75 Å². The summed E-state index contributed by atoms with van der Waals surface area (Å²) in [4.78, 5) is 17.5. The van der Waals surface area contributed by atoms with Gasteiger partial charge in [0.2, 0.25) is 5.91 Å². The molecular formula is C36H39N3O2. The Balaban J connectivity index is 1.09. The van der Waals surface area contributed by atoms with Crippen molar-refractivity contribution in [3.05, 3.63) is 120 Å². The summed E-state index contributed by atoms with van der Waals surface area (Å²) >= 11 is 0. The summed E-state index contributed by atoms with van der Waals surface area (Å²) in [6.45, 7) is 6.43. The molecule has 1 amide bonds. The zero-order valence-corrected chi connectivity index (χ0v) is 24.1. The molecule has 0 aliphatic carbocycles. The number of carbonyl (C=O) groups excluding carboxylic acids is 1. The maximum absolute atomic E-state index is 12.6. The Bertz CT molecular complexity index is 1550. The van der Waals surface area contributed by atoms with Gasteiger partial charge in [0.25, 0.3) is 0 Å². The second-order valence-electron chi connectivity index (χ2n) is 10.6. The van der Waals surface area contributed by atoms with Crippen molar-refractivity contribution in [1.82, 2.24) is 14.9 Å². The number of nitrogens with zero attached hydrogens (tertiary/aromatic N) is 2. The third-order valence-corrected chi connectivity index (χ3v) is 7.49. The minimum Gasteiger partial charge on any atom is -0.493 e. The van der Waals surface area contributed by atoms with E-state index in [1.165, 1.54) is 22.2 Å². The van der Waals surface area contributed by atoms with E-state index in [-0.39, 0.29) is 5.91 Å². The van der Waals surface area contributed by atoms with Crippen LogP contribution in [0.3, 0.4) is 0 Å². The molecule has 41 heavy (non-hydrogen) atoms. The van der Waals surface area contributed by atoms with Crippen molar-refractivity contribution >= 4 is 16.9 Å². The molecule has 1 aromatic heterocycles. The highest BCUT2D eigenvalue weighted by molar-refractivity contribution is 5.79. The summed E-state index contributed by atoms with van der Waals surface area (Å²) in [5.41, 5.74) is 7.91. The lowest BCUT2D eigenvalue weighted by Crippen LogP contribution is -2.26. The summed E-state index contributed by atoms with van der Waals surface area (Å²) in [6.07, 6.45) is 4.04. The van der Waals surface area contributed by atoms with Crippen LogP contribution in [-0.4, -0.2) is 28.6 Å². The van der Waals surface area contributed by atoms with Crippen molar-refractivity contribution < 1.29 is 9.53 Å². The molecule has 0 unspecified atom stereocenters. The number of benzene rings is 4. The van der Waals surface area contributed by atoms with Gasteiger partial charge in [-0.25, -0.2) is 4.98 Å². The number of hydrogen-bond donors (Lipinski definition) is 1. The molecule has 210 valence electrons. The first kappa shape index (κ1) is 28.2. The molecule has 0 saturated heterocycles. The van der Waals surface area contributed by atoms with E-state index in [2.05, 4.69) is 84.4 Å². The normalized spacial score (nSPS) is 11.1. The van der Waals surface area contributed by atoms with E-state index in [9.17, 15) is 4.79 Å². The van der Waals surface area contributed by atoms with Gasteiger partial charge in [-0.1, -0.05) is 84.9 Å². The molecule has 0 aliphatic heterocycles. The molecule has 0 fully saturated rings. The van der Waals surface area contributed by atoms with E-state index >= 15 is 0 Å². The Kier molecular flexibility index (Phi) is 9.48. The van der Waals surface area contributed by atoms with Gasteiger partial charge in [-0.15, -0.1) is 0 Å². The molecular weight excluding hydrogens is 506 g/mol. The Hall–Kier alpha value is -4.38. The molecule has 0 aliphatic rings. The van der Waals surface area contributed by atoms with E-state index in [1.54, 1.807) is 0 Å². The number of imidazole rings is 1. The first-order valence-corrected chi connectivity index (χ1v) is 14.6. The standard InChI is InChI=1S/C36H39N3O2/c1-27-12-10-13-28(2)36(27)41-25-9-8-24-39-33-17-7-6-16-32(33)38-34(39)18-11-23-37-35(40)26-29-19-21-31(22-20-29)30-14-4-3-5-15-30/h3-7,10,12-17,19-22H,8-9,11,18,23-26H2,1-2H3,(H,37,40). The van der Waals surface area contributed by atoms with Gasteiger partial charge in [-0.3, -0.25) is 4.79 Å². The summed E-state index contributed by atoms with van der Waals surface area (Å²) < 4.78 is 8.45. The fourth-order valence-electron chi connectivity index (χ4n) is 5.31. The second-order valence-corrected chi connectivity index (χ2v) is 10.6. The maximum Gasteiger partial charge on any atom is 0.224 e. The van der Waals surface area contributed by atoms with Crippen LogP contribution in [0.25, 0.3) is 22.2 Å². The highest BCUT2D eigenvalue weighted by atomic mass is 16.5. The van der Waals surface area contributed by atoms with Crippen molar-refractivity contribution in [3.8, 4) is 16.9 Å². The van der Waals surface area contributed by atoms with Crippen LogP contribution in [0, 0.1) is 13.8 Å². The van der Waals surface area contributed by atoms with Gasteiger partial charge in [0.05, 0.1) is 24.1 Å². The smallest absolute Gasteiger partial charge is 0.224 e. The minimum absolute atomic E-state index is 0.0508. The van der Waals surface area contributed by atoms with E-state index in [0.717, 1.165) is 60.4 Å². The van der Waals surface area contributed by atoms with Gasteiger partial charge in [0.15, 0.2) is 0 Å². The van der Waals surface area contributed by atoms with E-state index < -0.39 is 0 Å². The van der Waals surface area contributed by atoms with Gasteiger partial charge < -0.3 is 14.6 Å². The number of amides is 1. The molecule has 0 radical (unpaired) electrons. The molecule has 4 aromatic carbocycles. The van der Waals surface area contributed by atoms with Gasteiger partial charge >= 0.3 is 0 Å². The number of unbranched alkanes of at least 4 members (excludes halogenated alkanes) is 1. The fourth-order valence-corrected chi connectivity index (χ4v) is 5.31. The first-order chi connectivity index (χ1) is 20.1. The Morgan fingerprint density at radius 2 is 1.49 bits per heavy atom. The molecule has 0 spiro atoms. The molecule has 5 aromatic rings. The quantitative estimate of drug-likeness (QED) is 0.156. The monoisotopic (exact) mass is 545 g/mol. The molecule has 5 rings (SSSR count). The lowest BCUT2D eigenvalue weighted by atomic mass is 10.0. The van der Waals surface area contributed by atoms with Crippen molar-refractivity contribution in [2.24, 2.45) is 0 Å². The number of aryl methyl sites for hydroxylation is 4. The number of rotatable bonds is 13.